The predicted molar refractivity (Wildman–Crippen MR) is 44.0 cm³/mol. The van der Waals surface area contributed by atoms with Crippen molar-refractivity contribution < 1.29 is 21.6 Å². The maximum absolute atomic E-state index is 5.07. The van der Waals surface area contributed by atoms with Gasteiger partial charge in [-0.25, -0.2) is 0 Å². The maximum Gasteiger partial charge on any atom is 0.130 e. The molecule has 1 fully saturated rings. The van der Waals surface area contributed by atoms with Crippen LogP contribution in [0.15, 0.2) is 0 Å². The average Bonchev–Trinajstić information content (AvgIpc) is 2.52. The molecule has 70 valence electrons. The van der Waals surface area contributed by atoms with E-state index in [2.05, 4.69) is 21.1 Å². The Morgan fingerprint density at radius 1 is 1.27 bits per heavy atom. The third-order valence-corrected chi connectivity index (χ3v) is 1.15. The van der Waals surface area contributed by atoms with Gasteiger partial charge in [0.15, 0.2) is 0 Å². The molecule has 0 saturated carbocycles. The molecular formula is C8H20ClNO. The van der Waals surface area contributed by atoms with Crippen LogP contribution in [-0.4, -0.2) is 44.9 Å². The van der Waals surface area contributed by atoms with Crippen molar-refractivity contribution in [3.8, 4) is 0 Å². The molecule has 0 aromatic carbocycles. The van der Waals surface area contributed by atoms with Gasteiger partial charge in [0.2, 0.25) is 0 Å². The molecule has 1 saturated heterocycles. The second kappa shape index (κ2) is 5.81. The minimum absolute atomic E-state index is 0. The molecular weight excluding hydrogens is 162 g/mol. The second-order valence-corrected chi connectivity index (χ2v) is 3.43. The molecule has 1 heterocycles. The molecule has 3 heteroatoms. The summed E-state index contributed by atoms with van der Waals surface area (Å²) < 4.78 is 6.09. The standard InChI is InChI=1S/C6H14NO.C2H6.ClH/c1-7(2,3)4-6-5-8-6;1-2;/h6H,4-5H2,1-3H3;1-2H3;1H/q+1;;/p-1. The Hall–Kier alpha value is 0.210. The fourth-order valence-corrected chi connectivity index (χ4v) is 0.784. The Morgan fingerprint density at radius 3 is 1.73 bits per heavy atom. The fourth-order valence-electron chi connectivity index (χ4n) is 0.784. The molecule has 0 aromatic heterocycles. The molecule has 1 atom stereocenters. The highest BCUT2D eigenvalue weighted by Crippen LogP contribution is 2.11. The smallest absolute Gasteiger partial charge is 0.130 e. The number of hydrogen-bond acceptors (Lipinski definition) is 1. The van der Waals surface area contributed by atoms with Gasteiger partial charge in [0.1, 0.15) is 12.6 Å². The van der Waals surface area contributed by atoms with E-state index in [1.54, 1.807) is 0 Å². The highest BCUT2D eigenvalue weighted by Gasteiger charge is 2.28. The van der Waals surface area contributed by atoms with E-state index < -0.39 is 0 Å². The van der Waals surface area contributed by atoms with Crippen molar-refractivity contribution in [3.05, 3.63) is 0 Å². The van der Waals surface area contributed by atoms with Crippen molar-refractivity contribution in [3.63, 3.8) is 0 Å². The normalized spacial score (nSPS) is 21.0. The number of likely N-dealkylation sites (N-methyl/N-ethyl adjacent to an activating group) is 1. The number of ether oxygens (including phenoxy) is 1. The van der Waals surface area contributed by atoms with Crippen molar-refractivity contribution in [1.82, 2.24) is 0 Å². The van der Waals surface area contributed by atoms with E-state index >= 15 is 0 Å². The van der Waals surface area contributed by atoms with E-state index in [-0.39, 0.29) is 12.4 Å². The topological polar surface area (TPSA) is 12.5 Å². The molecule has 0 aromatic rings. The largest absolute Gasteiger partial charge is 1.00 e. The molecule has 1 rings (SSSR count). The van der Waals surface area contributed by atoms with Gasteiger partial charge in [-0.3, -0.25) is 0 Å². The lowest BCUT2D eigenvalue weighted by molar-refractivity contribution is -0.870. The first-order valence-electron chi connectivity index (χ1n) is 4.00. The van der Waals surface area contributed by atoms with Gasteiger partial charge in [-0.2, -0.15) is 0 Å². The molecule has 11 heavy (non-hydrogen) atoms. The van der Waals surface area contributed by atoms with Gasteiger partial charge in [-0.1, -0.05) is 13.8 Å². The van der Waals surface area contributed by atoms with E-state index in [1.807, 2.05) is 13.8 Å². The summed E-state index contributed by atoms with van der Waals surface area (Å²) in [6.45, 7) is 6.13. The lowest BCUT2D eigenvalue weighted by atomic mass is 10.4. The van der Waals surface area contributed by atoms with Crippen molar-refractivity contribution in [1.29, 1.82) is 0 Å². The van der Waals surface area contributed by atoms with E-state index in [4.69, 9.17) is 4.74 Å². The summed E-state index contributed by atoms with van der Waals surface area (Å²) in [7, 11) is 6.55. The third-order valence-electron chi connectivity index (χ3n) is 1.15. The van der Waals surface area contributed by atoms with Crippen LogP contribution < -0.4 is 12.4 Å². The average molecular weight is 182 g/mol. The highest BCUT2D eigenvalue weighted by molar-refractivity contribution is 4.66. The molecule has 2 nitrogen and oxygen atoms in total. The quantitative estimate of drug-likeness (QED) is 0.359. The van der Waals surface area contributed by atoms with Gasteiger partial charge in [0.05, 0.1) is 27.7 Å². The summed E-state index contributed by atoms with van der Waals surface area (Å²) in [4.78, 5) is 0. The van der Waals surface area contributed by atoms with Crippen LogP contribution in [0.2, 0.25) is 0 Å². The molecule has 0 aliphatic carbocycles. The Labute approximate surface area is 76.5 Å². The molecule has 0 amide bonds. The number of quaternary nitrogens is 1. The number of halogens is 1. The zero-order valence-electron chi connectivity index (χ0n) is 8.22. The van der Waals surface area contributed by atoms with Crippen molar-refractivity contribution in [2.75, 3.05) is 34.3 Å². The zero-order chi connectivity index (χ0) is 8.20. The highest BCUT2D eigenvalue weighted by atomic mass is 35.5. The molecule has 0 N–H and O–H groups in total. The van der Waals surface area contributed by atoms with Crippen LogP contribution in [0.5, 0.6) is 0 Å². The Kier molecular flexibility index (Phi) is 7.28. The predicted octanol–water partition coefficient (Wildman–Crippen LogP) is -1.88. The SMILES string of the molecule is CC.C[N+](C)(C)CC1CO1.[Cl-]. The first-order chi connectivity index (χ1) is 4.58. The first-order valence-corrected chi connectivity index (χ1v) is 4.00. The van der Waals surface area contributed by atoms with E-state index in [1.165, 1.54) is 0 Å². The summed E-state index contributed by atoms with van der Waals surface area (Å²) in [5.41, 5.74) is 0. The van der Waals surface area contributed by atoms with Crippen LogP contribution in [-0.2, 0) is 4.74 Å². The number of nitrogens with zero attached hydrogens (tertiary/aromatic N) is 1. The third kappa shape index (κ3) is 10.2. The molecule has 0 radical (unpaired) electrons. The van der Waals surface area contributed by atoms with Gasteiger partial charge in [-0.15, -0.1) is 0 Å². The van der Waals surface area contributed by atoms with E-state index in [9.17, 15) is 0 Å². The minimum Gasteiger partial charge on any atom is -1.00 e. The van der Waals surface area contributed by atoms with Gasteiger partial charge in [0, 0.05) is 0 Å². The minimum atomic E-state index is 0. The molecule has 1 aliphatic heterocycles. The Bertz CT molecular complexity index is 86.6. The number of hydrogen-bond donors (Lipinski definition) is 0. The number of rotatable bonds is 2. The molecule has 1 aliphatic rings. The summed E-state index contributed by atoms with van der Waals surface area (Å²) in [6, 6.07) is 0. The van der Waals surface area contributed by atoms with E-state index in [0.717, 1.165) is 17.6 Å². The Morgan fingerprint density at radius 2 is 1.64 bits per heavy atom. The Balaban J connectivity index is 0. The van der Waals surface area contributed by atoms with Crippen LogP contribution >= 0.6 is 0 Å². The fraction of sp³-hybridized carbons (Fsp3) is 1.00. The monoisotopic (exact) mass is 181 g/mol. The second-order valence-electron chi connectivity index (χ2n) is 3.43. The van der Waals surface area contributed by atoms with Crippen molar-refractivity contribution in [2.45, 2.75) is 20.0 Å². The van der Waals surface area contributed by atoms with Crippen LogP contribution in [0.1, 0.15) is 13.8 Å². The van der Waals surface area contributed by atoms with Crippen LogP contribution in [0.25, 0.3) is 0 Å². The van der Waals surface area contributed by atoms with Gasteiger partial charge >= 0.3 is 0 Å². The summed E-state index contributed by atoms with van der Waals surface area (Å²) in [5, 5.41) is 0. The van der Waals surface area contributed by atoms with Gasteiger partial charge < -0.3 is 21.6 Å². The summed E-state index contributed by atoms with van der Waals surface area (Å²) in [6.07, 6.45) is 0.565. The molecule has 1 unspecified atom stereocenters. The summed E-state index contributed by atoms with van der Waals surface area (Å²) in [5.74, 6) is 0. The molecule has 0 spiro atoms. The van der Waals surface area contributed by atoms with Crippen molar-refractivity contribution in [2.24, 2.45) is 0 Å². The zero-order valence-corrected chi connectivity index (χ0v) is 8.98. The lowest BCUT2D eigenvalue weighted by Crippen LogP contribution is -3.00. The first kappa shape index (κ1) is 13.8. The molecule has 0 bridgehead atoms. The summed E-state index contributed by atoms with van der Waals surface area (Å²) >= 11 is 0. The van der Waals surface area contributed by atoms with Gasteiger partial charge in [0.25, 0.3) is 0 Å². The van der Waals surface area contributed by atoms with Crippen LogP contribution in [0, 0.1) is 0 Å². The number of epoxide rings is 1. The van der Waals surface area contributed by atoms with Crippen molar-refractivity contribution >= 4 is 0 Å². The van der Waals surface area contributed by atoms with E-state index in [0.29, 0.717) is 6.10 Å². The lowest BCUT2D eigenvalue weighted by Gasteiger charge is -2.22. The maximum atomic E-state index is 5.07. The van der Waals surface area contributed by atoms with Crippen LogP contribution in [0.3, 0.4) is 0 Å². The van der Waals surface area contributed by atoms with Crippen LogP contribution in [0.4, 0.5) is 0 Å². The van der Waals surface area contributed by atoms with Gasteiger partial charge in [-0.05, 0) is 0 Å².